The number of aliphatic hydroxyl groups is 2. The summed E-state index contributed by atoms with van der Waals surface area (Å²) in [7, 11) is 0. The molecule has 1 amide bonds. The maximum Gasteiger partial charge on any atom is 0.224 e. The van der Waals surface area contributed by atoms with E-state index in [9.17, 15) is 15.0 Å². The molecule has 1 aromatic carbocycles. The zero-order valence-corrected chi connectivity index (χ0v) is 17.6. The van der Waals surface area contributed by atoms with Crippen molar-refractivity contribution < 1.29 is 24.5 Å². The van der Waals surface area contributed by atoms with E-state index in [1.807, 2.05) is 43.3 Å². The number of aliphatic hydroxyl groups excluding tert-OH is 2. The van der Waals surface area contributed by atoms with E-state index in [0.717, 1.165) is 24.8 Å². The molecule has 1 aliphatic carbocycles. The van der Waals surface area contributed by atoms with E-state index in [1.54, 1.807) is 0 Å². The van der Waals surface area contributed by atoms with E-state index in [1.165, 1.54) is 0 Å². The summed E-state index contributed by atoms with van der Waals surface area (Å²) in [5.74, 6) is -0.433. The van der Waals surface area contributed by atoms with E-state index in [-0.39, 0.29) is 30.5 Å². The summed E-state index contributed by atoms with van der Waals surface area (Å²) in [5.41, 5.74) is -1.02. The lowest BCUT2D eigenvalue weighted by Gasteiger charge is -2.59. The molecule has 2 unspecified atom stereocenters. The van der Waals surface area contributed by atoms with Crippen molar-refractivity contribution in [2.24, 2.45) is 11.8 Å². The Kier molecular flexibility index (Phi) is 6.30. The molecule has 6 heteroatoms. The van der Waals surface area contributed by atoms with Crippen LogP contribution in [0.25, 0.3) is 0 Å². The normalized spacial score (nSPS) is 36.9. The van der Waals surface area contributed by atoms with Crippen molar-refractivity contribution in [3.63, 3.8) is 0 Å². The van der Waals surface area contributed by atoms with Crippen LogP contribution in [0.4, 0.5) is 0 Å². The monoisotopic (exact) mass is 415 g/mol. The van der Waals surface area contributed by atoms with Crippen LogP contribution in [0, 0.1) is 11.8 Å². The largest absolute Gasteiger partial charge is 0.394 e. The Morgan fingerprint density at radius 2 is 2.13 bits per heavy atom. The van der Waals surface area contributed by atoms with Crippen molar-refractivity contribution in [1.82, 2.24) is 5.32 Å². The highest BCUT2D eigenvalue weighted by Crippen LogP contribution is 2.47. The molecule has 2 aliphatic heterocycles. The van der Waals surface area contributed by atoms with Gasteiger partial charge in [0.1, 0.15) is 5.54 Å². The van der Waals surface area contributed by atoms with Gasteiger partial charge in [-0.25, -0.2) is 0 Å². The van der Waals surface area contributed by atoms with Gasteiger partial charge in [-0.2, -0.15) is 0 Å². The first-order valence-corrected chi connectivity index (χ1v) is 11.0. The van der Waals surface area contributed by atoms with Gasteiger partial charge in [-0.1, -0.05) is 42.5 Å². The van der Waals surface area contributed by atoms with Crippen LogP contribution in [0.5, 0.6) is 0 Å². The van der Waals surface area contributed by atoms with Gasteiger partial charge in [-0.05, 0) is 44.6 Å². The molecule has 164 valence electrons. The Morgan fingerprint density at radius 3 is 2.83 bits per heavy atom. The van der Waals surface area contributed by atoms with Crippen LogP contribution < -0.4 is 5.32 Å². The summed E-state index contributed by atoms with van der Waals surface area (Å²) >= 11 is 0. The number of hydrogen-bond acceptors (Lipinski definition) is 5. The van der Waals surface area contributed by atoms with E-state index >= 15 is 0 Å². The molecule has 3 N–H and O–H groups in total. The minimum atomic E-state index is -1.23. The third kappa shape index (κ3) is 3.94. The van der Waals surface area contributed by atoms with Crippen LogP contribution in [-0.2, 0) is 20.9 Å². The second kappa shape index (κ2) is 8.79. The number of hydrogen-bond donors (Lipinski definition) is 3. The Labute approximate surface area is 178 Å². The minimum absolute atomic E-state index is 0.113. The Hall–Kier alpha value is -1.73. The average molecular weight is 416 g/mol. The molecule has 2 heterocycles. The predicted octanol–water partition coefficient (Wildman–Crippen LogP) is 2.34. The molecule has 2 bridgehead atoms. The molecule has 0 spiro atoms. The number of carbonyl (C=O) groups excluding carboxylic acids is 1. The topological polar surface area (TPSA) is 88.0 Å². The number of ether oxygens (including phenoxy) is 2. The van der Waals surface area contributed by atoms with Gasteiger partial charge in [0.05, 0.1) is 37.6 Å². The highest BCUT2D eigenvalue weighted by Gasteiger charge is 2.63. The first-order valence-electron chi connectivity index (χ1n) is 11.0. The summed E-state index contributed by atoms with van der Waals surface area (Å²) in [6.45, 7) is 2.39. The van der Waals surface area contributed by atoms with Gasteiger partial charge in [0.2, 0.25) is 5.91 Å². The lowest BCUT2D eigenvalue weighted by molar-refractivity contribution is -0.239. The Balaban J connectivity index is 1.50. The SMILES string of the molecule is C[C@@]12C[C@@H](CC(COCc3ccccc3)O1)C(=O)N[C@]2(CO)C(O)[C@@H]1C=CCCC1. The standard InChI is InChI=1S/C24H33NO5/c1-23-13-19(12-20(30-23)15-29-14-17-8-4-2-5-9-17)22(28)25-24(23,16-26)21(27)18-10-6-3-7-11-18/h2,4-6,8-10,18-21,26-27H,3,7,11-16H2,1H3,(H,25,28)/t18-,19-,20?,21?,23+,24-/m1/s1. The molecule has 3 aliphatic rings. The smallest absolute Gasteiger partial charge is 0.224 e. The van der Waals surface area contributed by atoms with Gasteiger partial charge in [0.25, 0.3) is 0 Å². The lowest BCUT2D eigenvalue weighted by Crippen LogP contribution is -2.79. The van der Waals surface area contributed by atoms with Crippen LogP contribution in [0.15, 0.2) is 42.5 Å². The fourth-order valence-electron chi connectivity index (χ4n) is 5.41. The first-order chi connectivity index (χ1) is 14.5. The van der Waals surface area contributed by atoms with Gasteiger partial charge in [0.15, 0.2) is 0 Å². The van der Waals surface area contributed by atoms with Crippen molar-refractivity contribution >= 4 is 5.91 Å². The Bertz CT molecular complexity index is 768. The second-order valence-corrected chi connectivity index (χ2v) is 9.19. The summed E-state index contributed by atoms with van der Waals surface area (Å²) in [4.78, 5) is 12.9. The quantitative estimate of drug-likeness (QED) is 0.595. The predicted molar refractivity (Wildman–Crippen MR) is 113 cm³/mol. The first kappa shape index (κ1) is 21.5. The highest BCUT2D eigenvalue weighted by atomic mass is 16.6. The van der Waals surface area contributed by atoms with Gasteiger partial charge < -0.3 is 25.0 Å². The molecule has 0 saturated carbocycles. The van der Waals surface area contributed by atoms with Gasteiger partial charge in [-0.15, -0.1) is 0 Å². The van der Waals surface area contributed by atoms with E-state index < -0.39 is 17.2 Å². The van der Waals surface area contributed by atoms with Gasteiger partial charge in [0, 0.05) is 11.8 Å². The summed E-state index contributed by atoms with van der Waals surface area (Å²) < 4.78 is 12.4. The Morgan fingerprint density at radius 1 is 1.33 bits per heavy atom. The molecule has 1 aromatic rings. The van der Waals surface area contributed by atoms with Crippen molar-refractivity contribution in [2.75, 3.05) is 13.2 Å². The molecule has 2 saturated heterocycles. The van der Waals surface area contributed by atoms with Crippen molar-refractivity contribution in [3.05, 3.63) is 48.0 Å². The molecule has 6 nitrogen and oxygen atoms in total. The van der Waals surface area contributed by atoms with Crippen molar-refractivity contribution in [2.45, 2.75) is 69.0 Å². The average Bonchev–Trinajstić information content (AvgIpc) is 2.77. The number of allylic oxidation sites excluding steroid dienone is 1. The maximum absolute atomic E-state index is 12.9. The van der Waals surface area contributed by atoms with Crippen LogP contribution in [0.3, 0.4) is 0 Å². The zero-order chi connectivity index (χ0) is 21.2. The highest BCUT2D eigenvalue weighted by molar-refractivity contribution is 5.81. The number of fused-ring (bicyclic) bond motifs is 2. The molecule has 6 atom stereocenters. The minimum Gasteiger partial charge on any atom is -0.394 e. The number of benzene rings is 1. The number of carbonyl (C=O) groups is 1. The number of piperidine rings is 1. The number of nitrogens with one attached hydrogen (secondary N) is 1. The summed E-state index contributed by atoms with van der Waals surface area (Å²) in [5, 5.41) is 24.7. The molecular formula is C24H33NO5. The van der Waals surface area contributed by atoms with Crippen LogP contribution in [-0.4, -0.2) is 52.7 Å². The van der Waals surface area contributed by atoms with E-state index in [4.69, 9.17) is 9.47 Å². The fourth-order valence-corrected chi connectivity index (χ4v) is 5.41. The van der Waals surface area contributed by atoms with Crippen molar-refractivity contribution in [1.29, 1.82) is 0 Å². The molecular weight excluding hydrogens is 382 g/mol. The zero-order valence-electron chi connectivity index (χ0n) is 17.6. The molecule has 2 fully saturated rings. The molecule has 30 heavy (non-hydrogen) atoms. The maximum atomic E-state index is 12.9. The third-order valence-corrected chi connectivity index (χ3v) is 7.14. The molecule has 0 radical (unpaired) electrons. The number of amides is 1. The summed E-state index contributed by atoms with van der Waals surface area (Å²) in [6.07, 6.45) is 6.79. The van der Waals surface area contributed by atoms with Crippen molar-refractivity contribution in [3.8, 4) is 0 Å². The molecule has 4 rings (SSSR count). The summed E-state index contributed by atoms with van der Waals surface area (Å²) in [6, 6.07) is 9.94. The third-order valence-electron chi connectivity index (χ3n) is 7.14. The van der Waals surface area contributed by atoms with Crippen LogP contribution in [0.2, 0.25) is 0 Å². The van der Waals surface area contributed by atoms with Crippen LogP contribution in [0.1, 0.15) is 44.6 Å². The van der Waals surface area contributed by atoms with Gasteiger partial charge in [-0.3, -0.25) is 4.79 Å². The lowest BCUT2D eigenvalue weighted by atomic mass is 9.63. The number of rotatable bonds is 7. The van der Waals surface area contributed by atoms with E-state index in [2.05, 4.69) is 11.4 Å². The van der Waals surface area contributed by atoms with Crippen LogP contribution >= 0.6 is 0 Å². The molecule has 0 aromatic heterocycles. The van der Waals surface area contributed by atoms with Gasteiger partial charge >= 0.3 is 0 Å². The second-order valence-electron chi connectivity index (χ2n) is 9.19. The van der Waals surface area contributed by atoms with E-state index in [0.29, 0.717) is 26.1 Å². The fraction of sp³-hybridized carbons (Fsp3) is 0.625.